The first-order valence-electron chi connectivity index (χ1n) is 34.8. The molecule has 0 unspecified atom stereocenters. The molecule has 1 N–H and O–H groups in total. The zero-order valence-corrected chi connectivity index (χ0v) is 61.9. The van der Waals surface area contributed by atoms with Gasteiger partial charge in [-0.3, -0.25) is 19.2 Å². The Kier molecular flexibility index (Phi) is 95.4. The maximum atomic E-state index is 10.9. The fourth-order valence-electron chi connectivity index (χ4n) is 6.34. The maximum Gasteiger partial charge on any atom is 0.306 e. The van der Waals surface area contributed by atoms with Crippen LogP contribution in [0.25, 0.3) is 0 Å². The number of carbonyl (C=O) groups is 4. The van der Waals surface area contributed by atoms with E-state index in [1.807, 2.05) is 39.0 Å². The summed E-state index contributed by atoms with van der Waals surface area (Å²) in [6.45, 7) is 10.4. The predicted molar refractivity (Wildman–Crippen MR) is 424 cm³/mol. The molecule has 8 heteroatoms. The molecule has 0 saturated carbocycles. The van der Waals surface area contributed by atoms with Crippen LogP contribution in [-0.2, 0) is 33.4 Å². The van der Waals surface area contributed by atoms with Gasteiger partial charge < -0.3 is 19.3 Å². The van der Waals surface area contributed by atoms with Gasteiger partial charge in [0.2, 0.25) is 0 Å². The van der Waals surface area contributed by atoms with Crippen LogP contribution in [0.1, 0.15) is 240 Å². The lowest BCUT2D eigenvalue weighted by atomic mass is 10.2. The Morgan fingerprint density at radius 3 is 0.690 bits per heavy atom. The van der Waals surface area contributed by atoms with Crippen molar-refractivity contribution in [3.05, 3.63) is 146 Å². The van der Waals surface area contributed by atoms with Gasteiger partial charge in [0.25, 0.3) is 0 Å². The fraction of sp³-hybridized carbons (Fsp3) is 0.435. The second-order valence-electron chi connectivity index (χ2n) is 19.8. The van der Waals surface area contributed by atoms with Crippen LogP contribution >= 0.6 is 0 Å². The van der Waals surface area contributed by atoms with Crippen molar-refractivity contribution < 1.29 is 38.5 Å². The Hall–Kier alpha value is -10.5. The third-order valence-corrected chi connectivity index (χ3v) is 11.3. The molecule has 0 aliphatic carbocycles. The van der Waals surface area contributed by atoms with E-state index in [9.17, 15) is 19.2 Å². The molecule has 0 amide bonds. The molecule has 0 aliphatic heterocycles. The first-order valence-corrected chi connectivity index (χ1v) is 34.8. The van der Waals surface area contributed by atoms with E-state index in [0.717, 1.165) is 103 Å². The molecule has 0 rings (SSSR count). The maximum absolute atomic E-state index is 10.9. The molecule has 0 aliphatic rings. The number of carbonyl (C=O) groups excluding carboxylic acids is 3. The number of rotatable bonds is 32. The lowest BCUT2D eigenvalue weighted by Gasteiger charge is -1.93. The summed E-state index contributed by atoms with van der Waals surface area (Å²) in [5, 5.41) is 8.49. The standard InChI is InChI=1S/C23H34O2.C23H22O2.C22H32O2.C12H12O2.C12H14/c2*1-3-4-5-6-7-8-9-10-11-12-13-14-15-16-17-18-19-20-21-22-23(24)25-2;1-2-3-4-5-6-7-8-9-10-11-12-13-14-15-16-17-18-19-20-21-22(23)24;1-3-4-5-6-7-8-9-10-11-12(13)14-2;1-3-5-7-9-11-12-10-8-6-4-2/h4-5,7-8,10-11,13-14,16-17,19-20H,3,6,9,12,15,18,21-22H2,1-2H3;3,6,9,12,15,18,21-22H2,1-2H3;3-4,6-7,9-10,12-13,15-16,18-19H,2,5,8,11,14,17,20-21H2,1H3,(H,23,24);1H,4,7,10-11H2,2H3;3-4,9-10H2,1-2H3/b5-4-,8-7-,11-10-,14-13-,17-16-,20-19-;;4-3-,7-6-,10-9-,13-12-,16-15-,19-18-;;. The first-order chi connectivity index (χ1) is 49.1. The van der Waals surface area contributed by atoms with Crippen LogP contribution in [0.5, 0.6) is 0 Å². The number of aliphatic carboxylic acids is 1. The van der Waals surface area contributed by atoms with Crippen LogP contribution in [0.15, 0.2) is 146 Å². The molecule has 0 fully saturated rings. The van der Waals surface area contributed by atoms with Crippen LogP contribution in [0.2, 0.25) is 0 Å². The molecule has 100 heavy (non-hydrogen) atoms. The number of terminal acetylenes is 1. The summed E-state index contributed by atoms with van der Waals surface area (Å²) in [5.41, 5.74) is 0. The minimum absolute atomic E-state index is 0.153. The number of carboxylic acid groups (broad SMARTS) is 1. The van der Waals surface area contributed by atoms with Crippen LogP contribution in [0.3, 0.4) is 0 Å². The third kappa shape index (κ3) is 109. The van der Waals surface area contributed by atoms with Crippen molar-refractivity contribution >= 4 is 23.9 Å². The van der Waals surface area contributed by atoms with Crippen molar-refractivity contribution in [2.24, 2.45) is 0 Å². The molecular weight excluding hydrogens is 1230 g/mol. The zero-order valence-electron chi connectivity index (χ0n) is 61.9. The lowest BCUT2D eigenvalue weighted by molar-refractivity contribution is -0.141. The number of ether oxygens (including phenoxy) is 3. The van der Waals surface area contributed by atoms with Crippen molar-refractivity contribution in [1.82, 2.24) is 0 Å². The van der Waals surface area contributed by atoms with Gasteiger partial charge in [0, 0.05) is 44.9 Å². The number of hydrogen-bond acceptors (Lipinski definition) is 7. The average molecular weight is 1350 g/mol. The van der Waals surface area contributed by atoms with Crippen molar-refractivity contribution in [1.29, 1.82) is 0 Å². The van der Waals surface area contributed by atoms with E-state index in [1.165, 1.54) is 21.3 Å². The fourth-order valence-corrected chi connectivity index (χ4v) is 6.34. The Balaban J connectivity index is -0.000000386. The van der Waals surface area contributed by atoms with Gasteiger partial charge in [-0.1, -0.05) is 287 Å². The van der Waals surface area contributed by atoms with Gasteiger partial charge in [-0.05, 0) is 89.9 Å². The van der Waals surface area contributed by atoms with E-state index in [-0.39, 0.29) is 24.3 Å². The second-order valence-corrected chi connectivity index (χ2v) is 19.8. The number of esters is 3. The molecule has 0 atom stereocenters. The minimum Gasteiger partial charge on any atom is -0.481 e. The van der Waals surface area contributed by atoms with E-state index in [0.29, 0.717) is 96.3 Å². The Labute approximate surface area is 608 Å². The van der Waals surface area contributed by atoms with Crippen LogP contribution in [-0.4, -0.2) is 50.3 Å². The Bertz CT molecular complexity index is 3280. The van der Waals surface area contributed by atoms with E-state index in [4.69, 9.17) is 11.5 Å². The summed E-state index contributed by atoms with van der Waals surface area (Å²) in [4.78, 5) is 42.7. The van der Waals surface area contributed by atoms with Crippen molar-refractivity contribution in [3.8, 4) is 143 Å². The van der Waals surface area contributed by atoms with Crippen molar-refractivity contribution in [2.45, 2.75) is 240 Å². The van der Waals surface area contributed by atoms with Crippen LogP contribution in [0, 0.1) is 143 Å². The molecule has 8 nitrogen and oxygen atoms in total. The molecule has 0 bridgehead atoms. The molecule has 0 aromatic rings. The van der Waals surface area contributed by atoms with E-state index < -0.39 is 5.97 Å². The number of methoxy groups -OCH3 is 3. The molecule has 0 aromatic carbocycles. The third-order valence-electron chi connectivity index (χ3n) is 11.3. The van der Waals surface area contributed by atoms with Gasteiger partial charge in [-0.25, -0.2) is 0 Å². The highest BCUT2D eigenvalue weighted by Crippen LogP contribution is 2.01. The molecule has 0 saturated heterocycles. The minimum atomic E-state index is -0.741. The number of carboxylic acids is 1. The quantitative estimate of drug-likeness (QED) is 0.0306. The van der Waals surface area contributed by atoms with E-state index >= 15 is 0 Å². The molecule has 0 spiro atoms. The average Bonchev–Trinajstić information content (AvgIpc) is 3.76. The van der Waals surface area contributed by atoms with E-state index in [1.54, 1.807) is 0 Å². The molecule has 0 radical (unpaired) electrons. The van der Waals surface area contributed by atoms with Gasteiger partial charge in [0.1, 0.15) is 0 Å². The summed E-state index contributed by atoms with van der Waals surface area (Å²) in [7, 11) is 4.15. The van der Waals surface area contributed by atoms with Crippen molar-refractivity contribution in [3.63, 3.8) is 0 Å². The van der Waals surface area contributed by atoms with E-state index in [2.05, 4.69) is 292 Å². The van der Waals surface area contributed by atoms with Crippen molar-refractivity contribution in [2.75, 3.05) is 21.3 Å². The molecule has 530 valence electrons. The van der Waals surface area contributed by atoms with Gasteiger partial charge in [-0.15, -0.1) is 36.0 Å². The normalized spacial score (nSPS) is 9.91. The van der Waals surface area contributed by atoms with Gasteiger partial charge >= 0.3 is 23.9 Å². The molecule has 0 aromatic heterocycles. The lowest BCUT2D eigenvalue weighted by Crippen LogP contribution is -1.98. The summed E-state index contributed by atoms with van der Waals surface area (Å²) >= 11 is 0. The summed E-state index contributed by atoms with van der Waals surface area (Å²) in [6.07, 6.45) is 80.1. The summed E-state index contributed by atoms with van der Waals surface area (Å²) in [5.74, 6) is 65.2. The number of allylic oxidation sites excluding steroid dienone is 24. The first kappa shape index (κ1) is 98.2. The monoisotopic (exact) mass is 1350 g/mol. The van der Waals surface area contributed by atoms with Gasteiger partial charge in [0.15, 0.2) is 0 Å². The summed E-state index contributed by atoms with van der Waals surface area (Å²) in [6, 6.07) is 0. The smallest absolute Gasteiger partial charge is 0.306 e. The zero-order chi connectivity index (χ0) is 74.3. The predicted octanol–water partition coefficient (Wildman–Crippen LogP) is 20.5. The van der Waals surface area contributed by atoms with Gasteiger partial charge in [0.05, 0.1) is 92.0 Å². The van der Waals surface area contributed by atoms with Gasteiger partial charge in [-0.2, -0.15) is 0 Å². The highest BCUT2D eigenvalue weighted by molar-refractivity contribution is 5.70. The number of hydrogen-bond donors (Lipinski definition) is 1. The largest absolute Gasteiger partial charge is 0.481 e. The highest BCUT2D eigenvalue weighted by Gasteiger charge is 1.97. The Morgan fingerprint density at radius 2 is 0.470 bits per heavy atom. The molecular formula is C92H114O8. The topological polar surface area (TPSA) is 116 Å². The SMILES string of the molecule is C#CCC#CCC#CCCC(=O)OC.CC/C=C\C/C=C\C/C=C\C/C=C\C/C=C\C/C=C\CCC(=O)O.CC/C=C\C/C=C\C/C=C\C/C=C\C/C=C\C/C=C\CCC(=O)OC.CCC#CCC#CCC#CCC.CCC#CCC#CCC#CCC#CCC#CCC#CCCC(=O)OC. The second kappa shape index (κ2) is 97.2. The highest BCUT2D eigenvalue weighted by atomic mass is 16.5. The molecule has 0 heterocycles. The summed E-state index contributed by atoms with van der Waals surface area (Å²) < 4.78 is 13.6. The van der Waals surface area contributed by atoms with Crippen LogP contribution in [0.4, 0.5) is 0 Å². The Morgan fingerprint density at radius 1 is 0.270 bits per heavy atom. The van der Waals surface area contributed by atoms with Crippen LogP contribution < -0.4 is 0 Å².